The number of nitrogens with zero attached hydrogens (tertiary/aromatic N) is 4. The summed E-state index contributed by atoms with van der Waals surface area (Å²) in [5, 5.41) is 15.8. The largest absolute Gasteiger partial charge is 0.311 e. The summed E-state index contributed by atoms with van der Waals surface area (Å²) in [5.41, 5.74) is 0.981. The molecule has 94 valence electrons. The van der Waals surface area contributed by atoms with E-state index in [9.17, 15) is 0 Å². The van der Waals surface area contributed by atoms with E-state index in [4.69, 9.17) is 0 Å². The molecule has 0 saturated heterocycles. The highest BCUT2D eigenvalue weighted by molar-refractivity contribution is 5.52. The van der Waals surface area contributed by atoms with E-state index in [2.05, 4.69) is 27.3 Å². The lowest BCUT2D eigenvalue weighted by Crippen LogP contribution is -2.25. The van der Waals surface area contributed by atoms with Gasteiger partial charge < -0.3 is 5.32 Å². The van der Waals surface area contributed by atoms with Crippen molar-refractivity contribution in [2.45, 2.75) is 13.0 Å². The quantitative estimate of drug-likeness (QED) is 0.619. The second-order valence-corrected chi connectivity index (χ2v) is 4.10. The molecule has 2 aromatic rings. The van der Waals surface area contributed by atoms with Gasteiger partial charge in [-0.15, -0.1) is 16.8 Å². The first kappa shape index (κ1) is 12.4. The van der Waals surface area contributed by atoms with Crippen LogP contribution in [0.1, 0.15) is 13.0 Å². The molecule has 0 fully saturated rings. The van der Waals surface area contributed by atoms with E-state index in [1.165, 1.54) is 0 Å². The molecule has 1 N–H and O–H groups in total. The molecule has 5 heteroatoms. The monoisotopic (exact) mass is 243 g/mol. The van der Waals surface area contributed by atoms with Crippen LogP contribution in [0.3, 0.4) is 0 Å². The molecule has 0 amide bonds. The van der Waals surface area contributed by atoms with Crippen LogP contribution in [0.2, 0.25) is 0 Å². The van der Waals surface area contributed by atoms with Gasteiger partial charge in [-0.2, -0.15) is 4.80 Å². The third kappa shape index (κ3) is 3.01. The Balaban J connectivity index is 2.04. The molecule has 0 saturated carbocycles. The van der Waals surface area contributed by atoms with E-state index < -0.39 is 0 Å². The number of benzene rings is 1. The van der Waals surface area contributed by atoms with Gasteiger partial charge in [0.2, 0.25) is 5.82 Å². The van der Waals surface area contributed by atoms with Crippen molar-refractivity contribution in [3.63, 3.8) is 0 Å². The van der Waals surface area contributed by atoms with Crippen LogP contribution in [-0.4, -0.2) is 33.3 Å². The lowest BCUT2D eigenvalue weighted by atomic mass is 10.2. The highest BCUT2D eigenvalue weighted by Crippen LogP contribution is 2.13. The molecule has 0 spiro atoms. The van der Waals surface area contributed by atoms with Gasteiger partial charge in [-0.1, -0.05) is 36.4 Å². The smallest absolute Gasteiger partial charge is 0.204 e. The molecule has 1 unspecified atom stereocenters. The Morgan fingerprint density at radius 1 is 1.39 bits per heavy atom. The molecule has 1 atom stereocenters. The summed E-state index contributed by atoms with van der Waals surface area (Å²) in [6.45, 7) is 7.28. The zero-order valence-electron chi connectivity index (χ0n) is 10.5. The Bertz CT molecular complexity index is 491. The highest BCUT2D eigenvalue weighted by atomic mass is 15.6. The van der Waals surface area contributed by atoms with Gasteiger partial charge in [0.1, 0.15) is 0 Å². The number of hydrogen-bond acceptors (Lipinski definition) is 4. The Morgan fingerprint density at radius 2 is 2.17 bits per heavy atom. The molecule has 1 heterocycles. The van der Waals surface area contributed by atoms with Crippen LogP contribution in [0.5, 0.6) is 0 Å². The van der Waals surface area contributed by atoms with Crippen LogP contribution in [0.15, 0.2) is 43.0 Å². The molecular weight excluding hydrogens is 226 g/mol. The van der Waals surface area contributed by atoms with Crippen molar-refractivity contribution >= 4 is 0 Å². The van der Waals surface area contributed by atoms with Crippen molar-refractivity contribution in [2.75, 3.05) is 13.1 Å². The van der Waals surface area contributed by atoms with Crippen molar-refractivity contribution < 1.29 is 0 Å². The van der Waals surface area contributed by atoms with Gasteiger partial charge >= 0.3 is 0 Å². The average molecular weight is 243 g/mol. The predicted molar refractivity (Wildman–Crippen MR) is 71.0 cm³/mol. The normalized spacial score (nSPS) is 12.3. The zero-order chi connectivity index (χ0) is 12.8. The molecule has 0 aliphatic carbocycles. The zero-order valence-corrected chi connectivity index (χ0v) is 10.5. The van der Waals surface area contributed by atoms with E-state index >= 15 is 0 Å². The first-order valence-electron chi connectivity index (χ1n) is 5.98. The standard InChI is InChI=1S/C13H17N5/c1-3-9-14-10-11(2)18-16-13(15-17-18)12-7-5-4-6-8-12/h3-8,11,14H,1,9-10H2,2H3. The molecule has 0 aliphatic heterocycles. The van der Waals surface area contributed by atoms with Gasteiger partial charge in [-0.05, 0) is 12.1 Å². The van der Waals surface area contributed by atoms with Gasteiger partial charge in [-0.25, -0.2) is 0 Å². The van der Waals surface area contributed by atoms with Gasteiger partial charge in [0.05, 0.1) is 6.04 Å². The third-order valence-electron chi connectivity index (χ3n) is 2.58. The maximum Gasteiger partial charge on any atom is 0.204 e. The van der Waals surface area contributed by atoms with Crippen molar-refractivity contribution in [1.82, 2.24) is 25.5 Å². The summed E-state index contributed by atoms with van der Waals surface area (Å²) in [4.78, 5) is 1.64. The molecule has 2 rings (SSSR count). The van der Waals surface area contributed by atoms with E-state index in [-0.39, 0.29) is 6.04 Å². The first-order valence-corrected chi connectivity index (χ1v) is 5.98. The molecule has 1 aromatic carbocycles. The predicted octanol–water partition coefficient (Wildman–Crippen LogP) is 1.68. The molecule has 18 heavy (non-hydrogen) atoms. The lowest BCUT2D eigenvalue weighted by Gasteiger charge is -2.09. The molecular formula is C13H17N5. The topological polar surface area (TPSA) is 55.6 Å². The van der Waals surface area contributed by atoms with Gasteiger partial charge in [0, 0.05) is 18.7 Å². The molecule has 5 nitrogen and oxygen atoms in total. The average Bonchev–Trinajstić information content (AvgIpc) is 2.89. The fourth-order valence-corrected chi connectivity index (χ4v) is 1.59. The Hall–Kier alpha value is -2.01. The SMILES string of the molecule is C=CCNCC(C)n1nnc(-c2ccccc2)n1. The van der Waals surface area contributed by atoms with E-state index in [0.29, 0.717) is 5.82 Å². The minimum Gasteiger partial charge on any atom is -0.311 e. The fraction of sp³-hybridized carbons (Fsp3) is 0.308. The van der Waals surface area contributed by atoms with Crippen LogP contribution in [-0.2, 0) is 0 Å². The summed E-state index contributed by atoms with van der Waals surface area (Å²) < 4.78 is 0. The maximum absolute atomic E-state index is 4.39. The van der Waals surface area contributed by atoms with Crippen LogP contribution >= 0.6 is 0 Å². The summed E-state index contributed by atoms with van der Waals surface area (Å²) >= 11 is 0. The Kier molecular flexibility index (Phi) is 4.20. The lowest BCUT2D eigenvalue weighted by molar-refractivity contribution is 0.407. The Labute approximate surface area is 107 Å². The maximum atomic E-state index is 4.39. The second kappa shape index (κ2) is 6.07. The molecule has 0 bridgehead atoms. The highest BCUT2D eigenvalue weighted by Gasteiger charge is 2.10. The van der Waals surface area contributed by atoms with E-state index in [1.54, 1.807) is 4.80 Å². The Morgan fingerprint density at radius 3 is 2.89 bits per heavy atom. The second-order valence-electron chi connectivity index (χ2n) is 4.10. The van der Waals surface area contributed by atoms with Crippen molar-refractivity contribution in [1.29, 1.82) is 0 Å². The minimum absolute atomic E-state index is 0.162. The van der Waals surface area contributed by atoms with Crippen LogP contribution in [0.25, 0.3) is 11.4 Å². The summed E-state index contributed by atoms with van der Waals surface area (Å²) in [7, 11) is 0. The summed E-state index contributed by atoms with van der Waals surface area (Å²) in [5.74, 6) is 0.658. The fourth-order valence-electron chi connectivity index (χ4n) is 1.59. The number of tetrazole rings is 1. The number of hydrogen-bond donors (Lipinski definition) is 1. The number of rotatable bonds is 6. The van der Waals surface area contributed by atoms with Crippen LogP contribution in [0, 0.1) is 0 Å². The van der Waals surface area contributed by atoms with E-state index in [0.717, 1.165) is 18.7 Å². The van der Waals surface area contributed by atoms with Crippen molar-refractivity contribution in [3.8, 4) is 11.4 Å². The van der Waals surface area contributed by atoms with Crippen LogP contribution in [0.4, 0.5) is 0 Å². The van der Waals surface area contributed by atoms with E-state index in [1.807, 2.05) is 43.3 Å². The van der Waals surface area contributed by atoms with Crippen molar-refractivity contribution in [2.24, 2.45) is 0 Å². The summed E-state index contributed by atoms with van der Waals surface area (Å²) in [6, 6.07) is 10.0. The van der Waals surface area contributed by atoms with Gasteiger partial charge in [-0.3, -0.25) is 0 Å². The van der Waals surface area contributed by atoms with Crippen molar-refractivity contribution in [3.05, 3.63) is 43.0 Å². The number of aromatic nitrogens is 4. The first-order chi connectivity index (χ1) is 8.81. The molecule has 0 aliphatic rings. The van der Waals surface area contributed by atoms with Gasteiger partial charge in [0.15, 0.2) is 0 Å². The molecule has 1 aromatic heterocycles. The van der Waals surface area contributed by atoms with Crippen LogP contribution < -0.4 is 5.32 Å². The molecule has 0 radical (unpaired) electrons. The summed E-state index contributed by atoms with van der Waals surface area (Å²) in [6.07, 6.45) is 1.83. The van der Waals surface area contributed by atoms with Gasteiger partial charge in [0.25, 0.3) is 0 Å². The number of nitrogens with one attached hydrogen (secondary N) is 1. The minimum atomic E-state index is 0.162. The third-order valence-corrected chi connectivity index (χ3v) is 2.58.